The average molecular weight is 273 g/mol. The van der Waals surface area contributed by atoms with Crippen LogP contribution in [0.25, 0.3) is 0 Å². The molecule has 74 valence electrons. The number of benzene rings is 1. The largest absolute Gasteiger partial charge is 0.370 e. The fourth-order valence-electron chi connectivity index (χ4n) is 2.12. The molecule has 1 aromatic carbocycles. The van der Waals surface area contributed by atoms with E-state index in [1.54, 1.807) is 0 Å². The quantitative estimate of drug-likeness (QED) is 0.753. The van der Waals surface area contributed by atoms with Crippen molar-refractivity contribution in [2.75, 3.05) is 18.0 Å². The summed E-state index contributed by atoms with van der Waals surface area (Å²) in [4.78, 5) is 2.42. The third-order valence-corrected chi connectivity index (χ3v) is 4.49. The third kappa shape index (κ3) is 1.36. The van der Waals surface area contributed by atoms with E-state index in [4.69, 9.17) is 11.6 Å². The predicted molar refractivity (Wildman–Crippen MR) is 63.0 cm³/mol. The normalized spacial score (nSPS) is 22.3. The Bertz CT molecular complexity index is 379. The molecule has 1 aliphatic carbocycles. The lowest BCUT2D eigenvalue weighted by Gasteiger charge is -2.42. The topological polar surface area (TPSA) is 3.24 Å². The van der Waals surface area contributed by atoms with Crippen molar-refractivity contribution in [2.45, 2.75) is 12.8 Å². The average Bonchev–Trinajstić information content (AvgIpc) is 2.87. The summed E-state index contributed by atoms with van der Waals surface area (Å²) in [5.74, 6) is 0. The molecule has 1 aromatic rings. The first kappa shape index (κ1) is 9.05. The monoisotopic (exact) mass is 271 g/mol. The van der Waals surface area contributed by atoms with Crippen LogP contribution in [0.4, 0.5) is 5.69 Å². The zero-order valence-electron chi connectivity index (χ0n) is 7.76. The molecule has 3 rings (SSSR count). The molecule has 0 radical (unpaired) electrons. The molecule has 0 aromatic heterocycles. The van der Waals surface area contributed by atoms with Gasteiger partial charge in [-0.25, -0.2) is 0 Å². The Kier molecular flexibility index (Phi) is 1.87. The van der Waals surface area contributed by atoms with E-state index in [9.17, 15) is 0 Å². The summed E-state index contributed by atoms with van der Waals surface area (Å²) in [7, 11) is 0. The summed E-state index contributed by atoms with van der Waals surface area (Å²) in [6.45, 7) is 2.47. The smallest absolute Gasteiger partial charge is 0.0549 e. The van der Waals surface area contributed by atoms with E-state index in [-0.39, 0.29) is 0 Å². The Morgan fingerprint density at radius 2 is 2.00 bits per heavy atom. The van der Waals surface area contributed by atoms with E-state index in [1.807, 2.05) is 6.07 Å². The van der Waals surface area contributed by atoms with Crippen LogP contribution < -0.4 is 4.90 Å². The molecular formula is C11H11BrClN. The second-order valence-corrected chi connectivity index (χ2v) is 5.72. The summed E-state index contributed by atoms with van der Waals surface area (Å²) in [6, 6.07) is 6.17. The van der Waals surface area contributed by atoms with Gasteiger partial charge in [-0.2, -0.15) is 0 Å². The second-order valence-electron chi connectivity index (χ2n) is 4.45. The van der Waals surface area contributed by atoms with E-state index in [0.717, 1.165) is 9.50 Å². The number of hydrogen-bond donors (Lipinski definition) is 0. The lowest BCUT2D eigenvalue weighted by Crippen LogP contribution is -2.48. The molecule has 0 N–H and O–H groups in total. The van der Waals surface area contributed by atoms with Crippen molar-refractivity contribution in [3.63, 3.8) is 0 Å². The molecule has 14 heavy (non-hydrogen) atoms. The maximum absolute atomic E-state index is 5.95. The molecule has 1 nitrogen and oxygen atoms in total. The summed E-state index contributed by atoms with van der Waals surface area (Å²) in [6.07, 6.45) is 2.86. The molecule has 1 aliphatic heterocycles. The van der Waals surface area contributed by atoms with E-state index >= 15 is 0 Å². The molecule has 2 aliphatic rings. The van der Waals surface area contributed by atoms with Crippen molar-refractivity contribution in [2.24, 2.45) is 5.41 Å². The fourth-order valence-corrected chi connectivity index (χ4v) is 2.61. The van der Waals surface area contributed by atoms with E-state index in [0.29, 0.717) is 5.41 Å². The first-order chi connectivity index (χ1) is 6.69. The van der Waals surface area contributed by atoms with Gasteiger partial charge in [0.05, 0.1) is 5.02 Å². The van der Waals surface area contributed by atoms with Crippen molar-refractivity contribution in [1.29, 1.82) is 0 Å². The Morgan fingerprint density at radius 3 is 2.57 bits per heavy atom. The highest BCUT2D eigenvalue weighted by molar-refractivity contribution is 9.10. The minimum atomic E-state index is 0.714. The predicted octanol–water partition coefficient (Wildman–Crippen LogP) is 3.70. The second kappa shape index (κ2) is 2.89. The molecule has 1 spiro atoms. The summed E-state index contributed by atoms with van der Waals surface area (Å²) in [5, 5.41) is 0.787. The third-order valence-electron chi connectivity index (χ3n) is 3.28. The van der Waals surface area contributed by atoms with Gasteiger partial charge in [0.15, 0.2) is 0 Å². The van der Waals surface area contributed by atoms with E-state index in [1.165, 1.54) is 31.6 Å². The zero-order valence-corrected chi connectivity index (χ0v) is 10.1. The van der Waals surface area contributed by atoms with Crippen LogP contribution >= 0.6 is 27.5 Å². The maximum Gasteiger partial charge on any atom is 0.0549 e. The van der Waals surface area contributed by atoms with Gasteiger partial charge in [-0.3, -0.25) is 0 Å². The minimum Gasteiger partial charge on any atom is -0.370 e. The van der Waals surface area contributed by atoms with Gasteiger partial charge in [-0.15, -0.1) is 0 Å². The van der Waals surface area contributed by atoms with Crippen LogP contribution in [0.1, 0.15) is 12.8 Å². The summed E-state index contributed by atoms with van der Waals surface area (Å²) in [5.41, 5.74) is 2.00. The van der Waals surface area contributed by atoms with Crippen molar-refractivity contribution in [3.8, 4) is 0 Å². The van der Waals surface area contributed by atoms with Gasteiger partial charge >= 0.3 is 0 Å². The lowest BCUT2D eigenvalue weighted by atomic mass is 9.96. The molecule has 0 unspecified atom stereocenters. The van der Waals surface area contributed by atoms with Crippen LogP contribution in [0, 0.1) is 5.41 Å². The summed E-state index contributed by atoms with van der Waals surface area (Å²) < 4.78 is 0.994. The standard InChI is InChI=1S/C11H11BrClN/c12-9-5-8(1-2-10(9)13)14-6-11(7-14)3-4-11/h1-2,5H,3-4,6-7H2. The highest BCUT2D eigenvalue weighted by Gasteiger charge is 2.52. The number of halogens is 2. The molecule has 0 atom stereocenters. The van der Waals surface area contributed by atoms with Crippen molar-refractivity contribution < 1.29 is 0 Å². The van der Waals surface area contributed by atoms with Crippen LogP contribution in [0.5, 0.6) is 0 Å². The van der Waals surface area contributed by atoms with Crippen molar-refractivity contribution >= 4 is 33.2 Å². The first-order valence-corrected chi connectivity index (χ1v) is 6.06. The summed E-state index contributed by atoms with van der Waals surface area (Å²) >= 11 is 9.40. The number of hydrogen-bond acceptors (Lipinski definition) is 1. The Hall–Kier alpha value is -0.210. The number of anilines is 1. The van der Waals surface area contributed by atoms with Crippen LogP contribution in [0.3, 0.4) is 0 Å². The van der Waals surface area contributed by atoms with Crippen LogP contribution in [-0.4, -0.2) is 13.1 Å². The van der Waals surface area contributed by atoms with Gasteiger partial charge in [0, 0.05) is 28.7 Å². The van der Waals surface area contributed by atoms with Crippen molar-refractivity contribution in [3.05, 3.63) is 27.7 Å². The fraction of sp³-hybridized carbons (Fsp3) is 0.455. The Balaban J connectivity index is 1.80. The molecule has 1 saturated heterocycles. The van der Waals surface area contributed by atoms with Crippen LogP contribution in [0.15, 0.2) is 22.7 Å². The van der Waals surface area contributed by atoms with E-state index < -0.39 is 0 Å². The molecule has 1 saturated carbocycles. The minimum absolute atomic E-state index is 0.714. The Labute approximate surface area is 97.2 Å². The molecule has 0 bridgehead atoms. The maximum atomic E-state index is 5.95. The van der Waals surface area contributed by atoms with Gasteiger partial charge in [-0.1, -0.05) is 11.6 Å². The highest BCUT2D eigenvalue weighted by Crippen LogP contribution is 2.54. The molecule has 0 amide bonds. The van der Waals surface area contributed by atoms with Crippen LogP contribution in [-0.2, 0) is 0 Å². The Morgan fingerprint density at radius 1 is 1.29 bits per heavy atom. The van der Waals surface area contributed by atoms with Gasteiger partial charge < -0.3 is 4.90 Å². The van der Waals surface area contributed by atoms with Crippen molar-refractivity contribution in [1.82, 2.24) is 0 Å². The van der Waals surface area contributed by atoms with Gasteiger partial charge in [0.25, 0.3) is 0 Å². The zero-order chi connectivity index (χ0) is 9.76. The SMILES string of the molecule is Clc1ccc(N2CC3(CC3)C2)cc1Br. The first-order valence-electron chi connectivity index (χ1n) is 4.89. The van der Waals surface area contributed by atoms with Gasteiger partial charge in [0.2, 0.25) is 0 Å². The van der Waals surface area contributed by atoms with Gasteiger partial charge in [-0.05, 0) is 47.0 Å². The van der Waals surface area contributed by atoms with Crippen LogP contribution in [0.2, 0.25) is 5.02 Å². The van der Waals surface area contributed by atoms with Gasteiger partial charge in [0.1, 0.15) is 0 Å². The molecule has 3 heteroatoms. The number of nitrogens with zero attached hydrogens (tertiary/aromatic N) is 1. The lowest BCUT2D eigenvalue weighted by molar-refractivity contribution is 0.387. The van der Waals surface area contributed by atoms with E-state index in [2.05, 4.69) is 33.0 Å². The number of rotatable bonds is 1. The molecule has 2 fully saturated rings. The molecular weight excluding hydrogens is 261 g/mol. The molecule has 1 heterocycles. The highest BCUT2D eigenvalue weighted by atomic mass is 79.9.